The molecule has 1 aliphatic rings. The first kappa shape index (κ1) is 15.1. The van der Waals surface area contributed by atoms with Crippen LogP contribution in [0.2, 0.25) is 0 Å². The highest BCUT2D eigenvalue weighted by Crippen LogP contribution is 2.33. The third-order valence-electron chi connectivity index (χ3n) is 3.55. The van der Waals surface area contributed by atoms with Gasteiger partial charge < -0.3 is 15.2 Å². The summed E-state index contributed by atoms with van der Waals surface area (Å²) < 4.78 is 5.51. The molecule has 2 atom stereocenters. The molecule has 5 heteroatoms. The quantitative estimate of drug-likeness (QED) is 0.786. The van der Waals surface area contributed by atoms with E-state index < -0.39 is 12.0 Å². The van der Waals surface area contributed by atoms with Crippen molar-refractivity contribution in [2.24, 2.45) is 0 Å². The minimum Gasteiger partial charge on any atom is -0.493 e. The summed E-state index contributed by atoms with van der Waals surface area (Å²) in [5.74, 6) is -0.949. The number of nitrogens with one attached hydrogen (secondary N) is 1. The molecule has 1 aromatic carbocycles. The molecule has 0 spiro atoms. The van der Waals surface area contributed by atoms with Gasteiger partial charge in [-0.15, -0.1) is 6.58 Å². The first-order valence-electron chi connectivity index (χ1n) is 6.99. The zero-order valence-corrected chi connectivity index (χ0v) is 11.7. The van der Waals surface area contributed by atoms with Crippen molar-refractivity contribution in [1.82, 2.24) is 5.32 Å². The Morgan fingerprint density at radius 1 is 1.48 bits per heavy atom. The Bertz CT molecular complexity index is 541. The Hall–Kier alpha value is -2.30. The van der Waals surface area contributed by atoms with Gasteiger partial charge in [-0.3, -0.25) is 4.79 Å². The SMILES string of the molecule is C=CCCC(NC(=O)C1CCOc2ccccc21)C(=O)O. The minimum absolute atomic E-state index is 0.262. The fraction of sp³-hybridized carbons (Fsp3) is 0.375. The standard InChI is InChI=1S/C16H19NO4/c1-2-3-7-13(16(19)20)17-15(18)12-9-10-21-14-8-5-4-6-11(12)14/h2,4-6,8,12-13H,1,3,7,9-10H2,(H,17,18)(H,19,20). The number of carbonyl (C=O) groups is 2. The number of amides is 1. The topological polar surface area (TPSA) is 75.6 Å². The Labute approximate surface area is 123 Å². The van der Waals surface area contributed by atoms with E-state index in [1.54, 1.807) is 6.08 Å². The summed E-state index contributed by atoms with van der Waals surface area (Å²) in [6, 6.07) is 6.48. The Balaban J connectivity index is 2.09. The number of rotatable bonds is 6. The molecule has 5 nitrogen and oxygen atoms in total. The molecule has 2 N–H and O–H groups in total. The van der Waals surface area contributed by atoms with Crippen molar-refractivity contribution < 1.29 is 19.4 Å². The van der Waals surface area contributed by atoms with E-state index in [1.807, 2.05) is 24.3 Å². The summed E-state index contributed by atoms with van der Waals surface area (Å²) >= 11 is 0. The van der Waals surface area contributed by atoms with Crippen molar-refractivity contribution in [3.63, 3.8) is 0 Å². The summed E-state index contributed by atoms with van der Waals surface area (Å²) in [6.07, 6.45) is 3.08. The van der Waals surface area contributed by atoms with Gasteiger partial charge in [0, 0.05) is 5.56 Å². The average molecular weight is 289 g/mol. The summed E-state index contributed by atoms with van der Waals surface area (Å²) in [7, 11) is 0. The molecule has 112 valence electrons. The molecule has 1 aliphatic heterocycles. The maximum atomic E-state index is 12.4. The highest BCUT2D eigenvalue weighted by molar-refractivity contribution is 5.88. The van der Waals surface area contributed by atoms with E-state index >= 15 is 0 Å². The van der Waals surface area contributed by atoms with E-state index in [0.29, 0.717) is 31.6 Å². The number of carbonyl (C=O) groups excluding carboxylic acids is 1. The van der Waals surface area contributed by atoms with Gasteiger partial charge in [0.15, 0.2) is 0 Å². The molecule has 21 heavy (non-hydrogen) atoms. The Morgan fingerprint density at radius 3 is 2.95 bits per heavy atom. The molecular formula is C16H19NO4. The molecule has 0 radical (unpaired) electrons. The molecule has 0 aromatic heterocycles. The largest absolute Gasteiger partial charge is 0.493 e. The number of para-hydroxylation sites is 1. The number of aliphatic carboxylic acids is 1. The van der Waals surface area contributed by atoms with Crippen molar-refractivity contribution in [3.8, 4) is 5.75 Å². The van der Waals surface area contributed by atoms with Gasteiger partial charge in [0.1, 0.15) is 11.8 Å². The van der Waals surface area contributed by atoms with Crippen molar-refractivity contribution in [2.75, 3.05) is 6.61 Å². The van der Waals surface area contributed by atoms with Gasteiger partial charge in [-0.1, -0.05) is 24.3 Å². The highest BCUT2D eigenvalue weighted by atomic mass is 16.5. The zero-order valence-electron chi connectivity index (χ0n) is 11.7. The van der Waals surface area contributed by atoms with Crippen LogP contribution in [0.1, 0.15) is 30.7 Å². The molecule has 0 saturated carbocycles. The highest BCUT2D eigenvalue weighted by Gasteiger charge is 2.30. The lowest BCUT2D eigenvalue weighted by molar-refractivity contribution is -0.142. The molecule has 0 bridgehead atoms. The fourth-order valence-electron chi connectivity index (χ4n) is 2.43. The third kappa shape index (κ3) is 3.62. The van der Waals surface area contributed by atoms with Crippen LogP contribution in [0, 0.1) is 0 Å². The van der Waals surface area contributed by atoms with Crippen molar-refractivity contribution in [3.05, 3.63) is 42.5 Å². The lowest BCUT2D eigenvalue weighted by Gasteiger charge is -2.26. The predicted molar refractivity (Wildman–Crippen MR) is 78.3 cm³/mol. The summed E-state index contributed by atoms with van der Waals surface area (Å²) in [5.41, 5.74) is 0.814. The maximum absolute atomic E-state index is 12.4. The van der Waals surface area contributed by atoms with E-state index in [4.69, 9.17) is 9.84 Å². The number of hydrogen-bond donors (Lipinski definition) is 2. The van der Waals surface area contributed by atoms with E-state index in [2.05, 4.69) is 11.9 Å². The Kier molecular flexibility index (Phi) is 4.98. The maximum Gasteiger partial charge on any atom is 0.326 e. The lowest BCUT2D eigenvalue weighted by atomic mass is 9.92. The van der Waals surface area contributed by atoms with Crippen LogP contribution in [0.15, 0.2) is 36.9 Å². The van der Waals surface area contributed by atoms with Crippen molar-refractivity contribution in [2.45, 2.75) is 31.2 Å². The van der Waals surface area contributed by atoms with Crippen LogP contribution in [-0.4, -0.2) is 29.6 Å². The van der Waals surface area contributed by atoms with Gasteiger partial charge in [0.05, 0.1) is 12.5 Å². The van der Waals surface area contributed by atoms with Gasteiger partial charge in [-0.25, -0.2) is 4.79 Å². The number of carboxylic acids is 1. The predicted octanol–water partition coefficient (Wildman–Crippen LogP) is 2.09. The number of carboxylic acid groups (broad SMARTS) is 1. The second kappa shape index (κ2) is 6.92. The molecule has 0 fully saturated rings. The number of allylic oxidation sites excluding steroid dienone is 1. The van der Waals surface area contributed by atoms with Gasteiger partial charge in [0.2, 0.25) is 5.91 Å². The monoisotopic (exact) mass is 289 g/mol. The van der Waals surface area contributed by atoms with E-state index in [-0.39, 0.29) is 11.8 Å². The zero-order chi connectivity index (χ0) is 15.2. The fourth-order valence-corrected chi connectivity index (χ4v) is 2.43. The molecule has 1 amide bonds. The molecule has 0 saturated heterocycles. The van der Waals surface area contributed by atoms with Gasteiger partial charge >= 0.3 is 5.97 Å². The van der Waals surface area contributed by atoms with E-state index in [9.17, 15) is 9.59 Å². The van der Waals surface area contributed by atoms with Crippen LogP contribution in [0.4, 0.5) is 0 Å². The van der Waals surface area contributed by atoms with Crippen LogP contribution >= 0.6 is 0 Å². The van der Waals surface area contributed by atoms with Crippen LogP contribution in [0.5, 0.6) is 5.75 Å². The van der Waals surface area contributed by atoms with Crippen LogP contribution in [-0.2, 0) is 9.59 Å². The number of ether oxygens (including phenoxy) is 1. The van der Waals surface area contributed by atoms with Crippen LogP contribution in [0.3, 0.4) is 0 Å². The second-order valence-corrected chi connectivity index (χ2v) is 4.99. The summed E-state index contributed by atoms with van der Waals surface area (Å²) in [4.78, 5) is 23.6. The normalized spacial score (nSPS) is 18.0. The van der Waals surface area contributed by atoms with E-state index in [0.717, 1.165) is 5.56 Å². The molecule has 2 rings (SSSR count). The number of hydrogen-bond acceptors (Lipinski definition) is 3. The van der Waals surface area contributed by atoms with Crippen LogP contribution < -0.4 is 10.1 Å². The second-order valence-electron chi connectivity index (χ2n) is 4.99. The summed E-state index contributed by atoms with van der Waals surface area (Å²) in [5, 5.41) is 11.8. The lowest BCUT2D eigenvalue weighted by Crippen LogP contribution is -2.43. The van der Waals surface area contributed by atoms with Crippen LogP contribution in [0.25, 0.3) is 0 Å². The third-order valence-corrected chi connectivity index (χ3v) is 3.55. The van der Waals surface area contributed by atoms with E-state index in [1.165, 1.54) is 0 Å². The Morgan fingerprint density at radius 2 is 2.24 bits per heavy atom. The van der Waals surface area contributed by atoms with Gasteiger partial charge in [0.25, 0.3) is 0 Å². The number of benzene rings is 1. The molecular weight excluding hydrogens is 270 g/mol. The molecule has 1 aromatic rings. The minimum atomic E-state index is -1.02. The molecule has 2 unspecified atom stereocenters. The van der Waals surface area contributed by atoms with Crippen molar-refractivity contribution in [1.29, 1.82) is 0 Å². The first-order chi connectivity index (χ1) is 10.1. The first-order valence-corrected chi connectivity index (χ1v) is 6.99. The summed E-state index contributed by atoms with van der Waals surface area (Å²) in [6.45, 7) is 4.03. The van der Waals surface area contributed by atoms with Gasteiger partial charge in [-0.2, -0.15) is 0 Å². The van der Waals surface area contributed by atoms with Gasteiger partial charge in [-0.05, 0) is 25.3 Å². The average Bonchev–Trinajstić information content (AvgIpc) is 2.50. The smallest absolute Gasteiger partial charge is 0.326 e. The molecule has 0 aliphatic carbocycles. The number of fused-ring (bicyclic) bond motifs is 1. The molecule has 1 heterocycles. The van der Waals surface area contributed by atoms with Crippen molar-refractivity contribution >= 4 is 11.9 Å².